The van der Waals surface area contributed by atoms with Gasteiger partial charge in [0.2, 0.25) is 5.91 Å². The average molecular weight is 556 g/mol. The van der Waals surface area contributed by atoms with Crippen LogP contribution in [-0.4, -0.2) is 36.6 Å². The first-order chi connectivity index (χ1) is 19.7. The number of hydrogen-bond donors (Lipinski definition) is 2. The lowest BCUT2D eigenvalue weighted by Crippen LogP contribution is -2.56. The third-order valence-electron chi connectivity index (χ3n) is 11.1. The molecule has 3 aliphatic rings. The van der Waals surface area contributed by atoms with Crippen molar-refractivity contribution in [1.82, 2.24) is 19.5 Å². The number of aliphatic hydroxyl groups excluding tert-OH is 1. The van der Waals surface area contributed by atoms with Gasteiger partial charge in [0.15, 0.2) is 0 Å². The smallest absolute Gasteiger partial charge is 0.224 e. The molecule has 0 unspecified atom stereocenters. The van der Waals surface area contributed by atoms with Crippen molar-refractivity contribution in [2.75, 3.05) is 5.32 Å². The Kier molecular flexibility index (Phi) is 7.52. The molecular formula is C34H45N5O2. The molecule has 0 aliphatic heterocycles. The molecule has 0 spiro atoms. The summed E-state index contributed by atoms with van der Waals surface area (Å²) in [6.07, 6.45) is 16.1. The summed E-state index contributed by atoms with van der Waals surface area (Å²) in [4.78, 5) is 26.0. The minimum Gasteiger partial charge on any atom is -0.393 e. The molecule has 2 saturated carbocycles. The number of anilines is 1. The lowest BCUT2D eigenvalue weighted by atomic mass is 9.43. The van der Waals surface area contributed by atoms with Crippen LogP contribution in [0, 0.1) is 28.6 Å². The Labute approximate surface area is 243 Å². The van der Waals surface area contributed by atoms with Crippen LogP contribution in [0.1, 0.15) is 91.2 Å². The van der Waals surface area contributed by atoms with E-state index in [2.05, 4.69) is 48.0 Å². The topological polar surface area (TPSA) is 92.9 Å². The van der Waals surface area contributed by atoms with E-state index >= 15 is 0 Å². The van der Waals surface area contributed by atoms with E-state index in [9.17, 15) is 9.90 Å². The summed E-state index contributed by atoms with van der Waals surface area (Å²) in [5, 5.41) is 13.9. The minimum atomic E-state index is -0.185. The number of allylic oxidation sites excluding steroid dienone is 2. The number of rotatable bonds is 7. The van der Waals surface area contributed by atoms with Crippen LogP contribution in [0.5, 0.6) is 0 Å². The van der Waals surface area contributed by atoms with Gasteiger partial charge in [0.1, 0.15) is 0 Å². The Bertz CT molecular complexity index is 1440. The molecule has 6 rings (SSSR count). The molecule has 7 nitrogen and oxygen atoms in total. The Hall–Kier alpha value is -3.06. The molecule has 3 aliphatic carbocycles. The highest BCUT2D eigenvalue weighted by Crippen LogP contribution is 2.64. The minimum absolute atomic E-state index is 0.0111. The SMILES string of the molecule is CC1=C(CCCC(=O)Nc2ccc3ncn(Cc4cnccn4)c3c2)[C@@H]2CC[C@H]3C(C)(C)[C@@H](O)CC[C@]3(C)[C@H]2CC1. The molecule has 2 fully saturated rings. The Morgan fingerprint density at radius 3 is 2.78 bits per heavy atom. The predicted octanol–water partition coefficient (Wildman–Crippen LogP) is 6.92. The Morgan fingerprint density at radius 2 is 1.98 bits per heavy atom. The number of fused-ring (bicyclic) bond motifs is 4. The van der Waals surface area contributed by atoms with Gasteiger partial charge in [0.25, 0.3) is 0 Å². The summed E-state index contributed by atoms with van der Waals surface area (Å²) in [5.74, 6) is 1.98. The first-order valence-electron chi connectivity index (χ1n) is 15.5. The predicted molar refractivity (Wildman–Crippen MR) is 162 cm³/mol. The van der Waals surface area contributed by atoms with E-state index in [0.717, 1.165) is 48.1 Å². The van der Waals surface area contributed by atoms with Crippen molar-refractivity contribution in [2.45, 2.75) is 98.1 Å². The number of nitrogens with zero attached hydrogens (tertiary/aromatic N) is 4. The van der Waals surface area contributed by atoms with Crippen LogP contribution >= 0.6 is 0 Å². The van der Waals surface area contributed by atoms with Crippen molar-refractivity contribution in [3.63, 3.8) is 0 Å². The van der Waals surface area contributed by atoms with Crippen molar-refractivity contribution >= 4 is 22.6 Å². The maximum absolute atomic E-state index is 13.0. The Balaban J connectivity index is 1.08. The fourth-order valence-electron chi connectivity index (χ4n) is 8.93. The van der Waals surface area contributed by atoms with Gasteiger partial charge >= 0.3 is 0 Å². The largest absolute Gasteiger partial charge is 0.393 e. The van der Waals surface area contributed by atoms with Crippen molar-refractivity contribution in [3.05, 3.63) is 60.0 Å². The van der Waals surface area contributed by atoms with Gasteiger partial charge in [-0.25, -0.2) is 4.98 Å². The molecule has 41 heavy (non-hydrogen) atoms. The quantitative estimate of drug-likeness (QED) is 0.309. The third kappa shape index (κ3) is 5.22. The number of imidazole rings is 1. The fourth-order valence-corrected chi connectivity index (χ4v) is 8.93. The highest BCUT2D eigenvalue weighted by atomic mass is 16.3. The second kappa shape index (κ2) is 11.0. The van der Waals surface area contributed by atoms with Crippen molar-refractivity contribution in [3.8, 4) is 0 Å². The molecule has 0 saturated heterocycles. The van der Waals surface area contributed by atoms with Crippen LogP contribution in [-0.2, 0) is 11.3 Å². The van der Waals surface area contributed by atoms with E-state index < -0.39 is 0 Å². The molecule has 5 atom stereocenters. The van der Waals surface area contributed by atoms with Gasteiger partial charge in [0, 0.05) is 24.5 Å². The molecule has 2 aromatic heterocycles. The summed E-state index contributed by atoms with van der Waals surface area (Å²) < 4.78 is 2.03. The Morgan fingerprint density at radius 1 is 1.12 bits per heavy atom. The number of carbonyl (C=O) groups excluding carboxylic acids is 1. The van der Waals surface area contributed by atoms with Crippen LogP contribution in [0.4, 0.5) is 5.69 Å². The first-order valence-corrected chi connectivity index (χ1v) is 15.5. The van der Waals surface area contributed by atoms with E-state index in [1.165, 1.54) is 25.7 Å². The lowest BCUT2D eigenvalue weighted by molar-refractivity contribution is -0.149. The molecule has 1 aromatic carbocycles. The fraction of sp³-hybridized carbons (Fsp3) is 0.588. The lowest BCUT2D eigenvalue weighted by Gasteiger charge is -2.62. The van der Waals surface area contributed by atoms with Gasteiger partial charge in [-0.15, -0.1) is 0 Å². The zero-order valence-electron chi connectivity index (χ0n) is 25.1. The van der Waals surface area contributed by atoms with Gasteiger partial charge in [-0.1, -0.05) is 31.9 Å². The summed E-state index contributed by atoms with van der Waals surface area (Å²) in [6, 6.07) is 5.88. The van der Waals surface area contributed by atoms with E-state index in [0.29, 0.717) is 36.1 Å². The van der Waals surface area contributed by atoms with E-state index in [4.69, 9.17) is 0 Å². The monoisotopic (exact) mass is 555 g/mol. The summed E-state index contributed by atoms with van der Waals surface area (Å²) in [5.41, 5.74) is 6.99. The summed E-state index contributed by atoms with van der Waals surface area (Å²) in [6.45, 7) is 10.0. The molecule has 0 radical (unpaired) electrons. The average Bonchev–Trinajstić information content (AvgIpc) is 3.34. The van der Waals surface area contributed by atoms with Crippen LogP contribution in [0.25, 0.3) is 11.0 Å². The van der Waals surface area contributed by atoms with Gasteiger partial charge < -0.3 is 15.0 Å². The molecule has 7 heteroatoms. The number of aliphatic hydroxyl groups is 1. The zero-order chi connectivity index (χ0) is 28.8. The highest BCUT2D eigenvalue weighted by molar-refractivity contribution is 5.93. The number of amides is 1. The molecular weight excluding hydrogens is 510 g/mol. The van der Waals surface area contributed by atoms with Crippen molar-refractivity contribution < 1.29 is 9.90 Å². The number of benzene rings is 1. The second-order valence-electron chi connectivity index (χ2n) is 13.7. The number of nitrogens with one attached hydrogen (secondary N) is 1. The van der Waals surface area contributed by atoms with Gasteiger partial charge in [0.05, 0.1) is 41.9 Å². The van der Waals surface area contributed by atoms with Gasteiger partial charge in [-0.2, -0.15) is 0 Å². The maximum atomic E-state index is 13.0. The molecule has 2 N–H and O–H groups in total. The maximum Gasteiger partial charge on any atom is 0.224 e. The van der Waals surface area contributed by atoms with E-state index in [1.807, 2.05) is 29.1 Å². The standard InChI is InChI=1S/C34H45N5O2/c1-22-8-11-27-26(10-13-30-33(2,3)31(40)14-15-34(27,30)4)25(22)6-5-7-32(41)38-23-9-12-28-29(18-23)39(21-37-28)20-24-19-35-16-17-36-24/h9,12,16-19,21,26-27,30-31,40H,5-8,10-11,13-15,20H2,1-4H3,(H,38,41)/t26-,27-,30-,31-,34+/m0/s1. The zero-order valence-corrected chi connectivity index (χ0v) is 25.1. The molecule has 1 amide bonds. The van der Waals surface area contributed by atoms with Crippen LogP contribution in [0.15, 0.2) is 54.3 Å². The highest BCUT2D eigenvalue weighted by Gasteiger charge is 2.58. The van der Waals surface area contributed by atoms with E-state index in [-0.39, 0.29) is 17.4 Å². The molecule has 218 valence electrons. The third-order valence-corrected chi connectivity index (χ3v) is 11.1. The molecule has 3 aromatic rings. The first kappa shape index (κ1) is 28.1. The number of aromatic nitrogens is 4. The van der Waals surface area contributed by atoms with Crippen LogP contribution in [0.2, 0.25) is 0 Å². The van der Waals surface area contributed by atoms with E-state index in [1.54, 1.807) is 29.7 Å². The summed E-state index contributed by atoms with van der Waals surface area (Å²) in [7, 11) is 0. The van der Waals surface area contributed by atoms with Gasteiger partial charge in [-0.05, 0) is 105 Å². The van der Waals surface area contributed by atoms with Crippen LogP contribution in [0.3, 0.4) is 0 Å². The molecule has 2 heterocycles. The second-order valence-corrected chi connectivity index (χ2v) is 13.7. The van der Waals surface area contributed by atoms with Crippen molar-refractivity contribution in [2.24, 2.45) is 28.6 Å². The van der Waals surface area contributed by atoms with Gasteiger partial charge in [-0.3, -0.25) is 14.8 Å². The number of hydrogen-bond acceptors (Lipinski definition) is 5. The molecule has 0 bridgehead atoms. The normalized spacial score (nSPS) is 29.2. The summed E-state index contributed by atoms with van der Waals surface area (Å²) >= 11 is 0. The number of carbonyl (C=O) groups is 1. The van der Waals surface area contributed by atoms with Crippen molar-refractivity contribution in [1.29, 1.82) is 0 Å². The van der Waals surface area contributed by atoms with Crippen LogP contribution < -0.4 is 5.32 Å².